The zero-order valence-electron chi connectivity index (χ0n) is 9.24. The zero-order chi connectivity index (χ0) is 12.1. The zero-order valence-corrected chi connectivity index (χ0v) is 9.24. The van der Waals surface area contributed by atoms with Crippen LogP contribution in [0.1, 0.15) is 31.2 Å². The first-order valence-corrected chi connectivity index (χ1v) is 5.19. The van der Waals surface area contributed by atoms with Gasteiger partial charge >= 0.3 is 5.97 Å². The molecule has 0 aliphatic carbocycles. The van der Waals surface area contributed by atoms with Crippen LogP contribution in [-0.4, -0.2) is 11.1 Å². The molecule has 1 atom stereocenters. The van der Waals surface area contributed by atoms with E-state index >= 15 is 0 Å². The van der Waals surface area contributed by atoms with E-state index in [4.69, 9.17) is 5.11 Å². The molecule has 0 fully saturated rings. The number of hydrogen-bond acceptors (Lipinski definition) is 1. The van der Waals surface area contributed by atoms with Crippen LogP contribution in [0.15, 0.2) is 36.4 Å². The minimum Gasteiger partial charge on any atom is -0.481 e. The highest BCUT2D eigenvalue weighted by atomic mass is 19.1. The molecule has 0 aromatic heterocycles. The lowest BCUT2D eigenvalue weighted by molar-refractivity contribution is -0.138. The minimum absolute atomic E-state index is 0.356. The van der Waals surface area contributed by atoms with Gasteiger partial charge in [0.15, 0.2) is 0 Å². The van der Waals surface area contributed by atoms with Crippen molar-refractivity contribution in [2.45, 2.75) is 25.7 Å². The van der Waals surface area contributed by atoms with Gasteiger partial charge in [-0.15, -0.1) is 0 Å². The van der Waals surface area contributed by atoms with Gasteiger partial charge in [-0.3, -0.25) is 4.79 Å². The second kappa shape index (κ2) is 5.45. The van der Waals surface area contributed by atoms with Crippen molar-refractivity contribution < 1.29 is 14.3 Å². The number of carboxylic acids is 1. The Balaban J connectivity index is 2.94. The molecule has 0 bridgehead atoms. The molecule has 0 spiro atoms. The first kappa shape index (κ1) is 12.4. The third kappa shape index (κ3) is 3.19. The molecule has 1 rings (SSSR count). The number of hydrogen-bond donors (Lipinski definition) is 1. The number of aliphatic carboxylic acids is 1. The van der Waals surface area contributed by atoms with Gasteiger partial charge in [0.05, 0.1) is 5.92 Å². The summed E-state index contributed by atoms with van der Waals surface area (Å²) in [5.74, 6) is -2.06. The Morgan fingerprint density at radius 1 is 1.56 bits per heavy atom. The van der Waals surface area contributed by atoms with Gasteiger partial charge in [0, 0.05) is 0 Å². The van der Waals surface area contributed by atoms with Crippen molar-refractivity contribution in [3.8, 4) is 0 Å². The Morgan fingerprint density at radius 2 is 2.25 bits per heavy atom. The molecule has 1 unspecified atom stereocenters. The van der Waals surface area contributed by atoms with Crippen molar-refractivity contribution in [3.63, 3.8) is 0 Å². The predicted octanol–water partition coefficient (Wildman–Crippen LogP) is 3.35. The molecule has 1 aromatic carbocycles. The quantitative estimate of drug-likeness (QED) is 0.776. The Bertz CT molecular complexity index is 399. The van der Waals surface area contributed by atoms with E-state index in [0.717, 1.165) is 12.0 Å². The van der Waals surface area contributed by atoms with Crippen LogP contribution in [-0.2, 0) is 4.79 Å². The SMILES string of the molecule is C=C(CC)CC(C(=O)O)c1cccc(F)c1. The maximum Gasteiger partial charge on any atom is 0.311 e. The number of carbonyl (C=O) groups is 1. The maximum absolute atomic E-state index is 13.0. The van der Waals surface area contributed by atoms with E-state index in [9.17, 15) is 9.18 Å². The molecular weight excluding hydrogens is 207 g/mol. The molecule has 2 nitrogen and oxygen atoms in total. The highest BCUT2D eigenvalue weighted by Gasteiger charge is 2.20. The summed E-state index contributed by atoms with van der Waals surface area (Å²) in [4.78, 5) is 11.1. The lowest BCUT2D eigenvalue weighted by Crippen LogP contribution is -2.12. The van der Waals surface area contributed by atoms with Crippen LogP contribution in [0.4, 0.5) is 4.39 Å². The van der Waals surface area contributed by atoms with Gasteiger partial charge in [-0.25, -0.2) is 4.39 Å². The van der Waals surface area contributed by atoms with E-state index in [1.807, 2.05) is 6.92 Å². The fourth-order valence-corrected chi connectivity index (χ4v) is 1.50. The lowest BCUT2D eigenvalue weighted by atomic mass is 9.91. The number of rotatable bonds is 5. The van der Waals surface area contributed by atoms with Crippen molar-refractivity contribution in [3.05, 3.63) is 47.8 Å². The van der Waals surface area contributed by atoms with E-state index in [-0.39, 0.29) is 0 Å². The molecule has 0 radical (unpaired) electrons. The highest BCUT2D eigenvalue weighted by molar-refractivity contribution is 5.76. The summed E-state index contributed by atoms with van der Waals surface area (Å²) in [6.45, 7) is 5.71. The smallest absolute Gasteiger partial charge is 0.311 e. The van der Waals surface area contributed by atoms with E-state index in [1.54, 1.807) is 6.07 Å². The Labute approximate surface area is 94.4 Å². The van der Waals surface area contributed by atoms with E-state index in [2.05, 4.69) is 6.58 Å². The van der Waals surface area contributed by atoms with E-state index in [1.165, 1.54) is 18.2 Å². The summed E-state index contributed by atoms with van der Waals surface area (Å²) in [6.07, 6.45) is 1.09. The number of benzene rings is 1. The Morgan fingerprint density at radius 3 is 2.75 bits per heavy atom. The van der Waals surface area contributed by atoms with Crippen LogP contribution in [0, 0.1) is 5.82 Å². The molecule has 3 heteroatoms. The normalized spacial score (nSPS) is 12.1. The summed E-state index contributed by atoms with van der Waals surface area (Å²) in [7, 11) is 0. The van der Waals surface area contributed by atoms with Crippen LogP contribution in [0.2, 0.25) is 0 Å². The standard InChI is InChI=1S/C13H15FO2/c1-3-9(2)7-12(13(15)16)10-5-4-6-11(14)8-10/h4-6,8,12H,2-3,7H2,1H3,(H,15,16). The van der Waals surface area contributed by atoms with Gasteiger partial charge in [0.1, 0.15) is 5.82 Å². The van der Waals surface area contributed by atoms with Crippen LogP contribution in [0.3, 0.4) is 0 Å². The van der Waals surface area contributed by atoms with Gasteiger partial charge < -0.3 is 5.11 Å². The van der Waals surface area contributed by atoms with Crippen molar-refractivity contribution in [1.82, 2.24) is 0 Å². The highest BCUT2D eigenvalue weighted by Crippen LogP contribution is 2.25. The lowest BCUT2D eigenvalue weighted by Gasteiger charge is -2.13. The van der Waals surface area contributed by atoms with Gasteiger partial charge in [-0.05, 0) is 30.5 Å². The van der Waals surface area contributed by atoms with Crippen molar-refractivity contribution in [2.75, 3.05) is 0 Å². The van der Waals surface area contributed by atoms with Gasteiger partial charge in [-0.1, -0.05) is 31.2 Å². The van der Waals surface area contributed by atoms with E-state index in [0.29, 0.717) is 12.0 Å². The molecule has 1 N–H and O–H groups in total. The third-order valence-electron chi connectivity index (χ3n) is 2.54. The van der Waals surface area contributed by atoms with Crippen LogP contribution in [0.25, 0.3) is 0 Å². The molecule has 86 valence electrons. The molecule has 0 amide bonds. The second-order valence-corrected chi connectivity index (χ2v) is 3.75. The first-order valence-electron chi connectivity index (χ1n) is 5.19. The van der Waals surface area contributed by atoms with Crippen molar-refractivity contribution in [2.24, 2.45) is 0 Å². The fourth-order valence-electron chi connectivity index (χ4n) is 1.50. The second-order valence-electron chi connectivity index (χ2n) is 3.75. The average Bonchev–Trinajstić information content (AvgIpc) is 2.25. The molecule has 0 heterocycles. The summed E-state index contributed by atoms with van der Waals surface area (Å²) in [5.41, 5.74) is 1.35. The molecule has 0 saturated carbocycles. The minimum atomic E-state index is -0.944. The molecule has 1 aromatic rings. The Kier molecular flexibility index (Phi) is 4.23. The van der Waals surface area contributed by atoms with Crippen molar-refractivity contribution >= 4 is 5.97 Å². The first-order chi connectivity index (χ1) is 7.54. The average molecular weight is 222 g/mol. The third-order valence-corrected chi connectivity index (χ3v) is 2.54. The van der Waals surface area contributed by atoms with Crippen molar-refractivity contribution in [1.29, 1.82) is 0 Å². The number of halogens is 1. The summed E-state index contributed by atoms with van der Waals surface area (Å²) < 4.78 is 13.0. The fraction of sp³-hybridized carbons (Fsp3) is 0.308. The predicted molar refractivity (Wildman–Crippen MR) is 60.8 cm³/mol. The molecule has 0 aliphatic rings. The monoisotopic (exact) mass is 222 g/mol. The summed E-state index contributed by atoms with van der Waals surface area (Å²) >= 11 is 0. The van der Waals surface area contributed by atoms with Crippen LogP contribution in [0.5, 0.6) is 0 Å². The number of carboxylic acid groups (broad SMARTS) is 1. The van der Waals surface area contributed by atoms with Gasteiger partial charge in [0.25, 0.3) is 0 Å². The largest absolute Gasteiger partial charge is 0.481 e. The summed E-state index contributed by atoms with van der Waals surface area (Å²) in [5, 5.41) is 9.10. The molecule has 16 heavy (non-hydrogen) atoms. The molecule has 0 aliphatic heterocycles. The summed E-state index contributed by atoms with van der Waals surface area (Å²) in [6, 6.07) is 5.72. The van der Waals surface area contributed by atoms with E-state index < -0.39 is 17.7 Å². The Hall–Kier alpha value is -1.64. The number of allylic oxidation sites excluding steroid dienone is 1. The topological polar surface area (TPSA) is 37.3 Å². The van der Waals surface area contributed by atoms with Crippen LogP contribution < -0.4 is 0 Å². The van der Waals surface area contributed by atoms with Gasteiger partial charge in [-0.2, -0.15) is 0 Å². The molecular formula is C13H15FO2. The van der Waals surface area contributed by atoms with Crippen LogP contribution >= 0.6 is 0 Å². The molecule has 0 saturated heterocycles. The van der Waals surface area contributed by atoms with Gasteiger partial charge in [0.2, 0.25) is 0 Å². The maximum atomic E-state index is 13.0.